The van der Waals surface area contributed by atoms with Crippen molar-refractivity contribution in [3.05, 3.63) is 63.3 Å². The topological polar surface area (TPSA) is 89.8 Å². The lowest BCUT2D eigenvalue weighted by Crippen LogP contribution is -2.42. The fraction of sp³-hybridized carbons (Fsp3) is 0.263. The summed E-state index contributed by atoms with van der Waals surface area (Å²) < 4.78 is 67.0. The molecule has 3 aromatic rings. The summed E-state index contributed by atoms with van der Waals surface area (Å²) in [7, 11) is -4.30. The number of nitrogens with one attached hydrogen (secondary N) is 1. The van der Waals surface area contributed by atoms with Crippen LogP contribution >= 0.6 is 15.9 Å². The van der Waals surface area contributed by atoms with Crippen LogP contribution in [0, 0.1) is 0 Å². The molecule has 0 amide bonds. The summed E-state index contributed by atoms with van der Waals surface area (Å²) in [5.41, 5.74) is -0.486. The summed E-state index contributed by atoms with van der Waals surface area (Å²) >= 11 is 3.33. The van der Waals surface area contributed by atoms with Crippen LogP contribution in [0.2, 0.25) is 0 Å². The first-order valence-corrected chi connectivity index (χ1v) is 11.2. The zero-order chi connectivity index (χ0) is 22.8. The van der Waals surface area contributed by atoms with E-state index < -0.39 is 26.6 Å². The maximum absolute atomic E-state index is 13.9. The number of aromatic amines is 1. The van der Waals surface area contributed by atoms with E-state index in [4.69, 9.17) is 0 Å². The predicted octanol–water partition coefficient (Wildman–Crippen LogP) is 4.23. The first-order chi connectivity index (χ1) is 14.4. The SMILES string of the molecule is CC1=CC(Br)=CCC1(C)S(=O)(=O)n1c(-c2cnn(C(F)(F)F)c2)cc2cc[nH]c(=O)c21. The monoisotopic (exact) mass is 516 g/mol. The van der Waals surface area contributed by atoms with Crippen LogP contribution in [0.1, 0.15) is 20.3 Å². The summed E-state index contributed by atoms with van der Waals surface area (Å²) in [5.74, 6) is 0. The molecule has 0 bridgehead atoms. The molecule has 1 atom stereocenters. The Bertz CT molecular complexity index is 1430. The summed E-state index contributed by atoms with van der Waals surface area (Å²) in [6.07, 6.45) is 1.67. The number of nitrogens with zero attached hydrogens (tertiary/aromatic N) is 3. The van der Waals surface area contributed by atoms with Crippen LogP contribution < -0.4 is 5.56 Å². The van der Waals surface area contributed by atoms with E-state index in [0.717, 1.165) is 14.7 Å². The van der Waals surface area contributed by atoms with Gasteiger partial charge in [0.05, 0.1) is 11.9 Å². The lowest BCUT2D eigenvalue weighted by Gasteiger charge is -2.33. The van der Waals surface area contributed by atoms with Gasteiger partial charge in [-0.1, -0.05) is 22.0 Å². The Labute approximate surface area is 183 Å². The van der Waals surface area contributed by atoms with E-state index in [1.807, 2.05) is 0 Å². The van der Waals surface area contributed by atoms with Gasteiger partial charge in [-0.3, -0.25) is 4.79 Å². The number of rotatable bonds is 3. The molecule has 1 aliphatic carbocycles. The molecule has 1 N–H and O–H groups in total. The normalized spacial score (nSPS) is 20.1. The molecule has 31 heavy (non-hydrogen) atoms. The number of fused-ring (bicyclic) bond motifs is 1. The van der Waals surface area contributed by atoms with E-state index in [-0.39, 0.29) is 33.3 Å². The second-order valence-electron chi connectivity index (χ2n) is 7.40. The molecule has 4 rings (SSSR count). The molecule has 0 radical (unpaired) electrons. The van der Waals surface area contributed by atoms with Crippen molar-refractivity contribution in [2.75, 3.05) is 0 Å². The van der Waals surface area contributed by atoms with E-state index in [2.05, 4.69) is 26.0 Å². The number of allylic oxidation sites excluding steroid dienone is 3. The lowest BCUT2D eigenvalue weighted by molar-refractivity contribution is -0.212. The van der Waals surface area contributed by atoms with Crippen LogP contribution in [0.5, 0.6) is 0 Å². The molecule has 0 saturated heterocycles. The molecule has 3 aromatic heterocycles. The van der Waals surface area contributed by atoms with Gasteiger partial charge in [0, 0.05) is 27.8 Å². The zero-order valence-electron chi connectivity index (χ0n) is 16.2. The van der Waals surface area contributed by atoms with Crippen molar-refractivity contribution in [1.29, 1.82) is 0 Å². The largest absolute Gasteiger partial charge is 0.504 e. The highest BCUT2D eigenvalue weighted by Gasteiger charge is 2.45. The van der Waals surface area contributed by atoms with Crippen LogP contribution in [-0.4, -0.2) is 31.9 Å². The number of hydrogen-bond acceptors (Lipinski definition) is 4. The van der Waals surface area contributed by atoms with Crippen LogP contribution in [-0.2, 0) is 16.3 Å². The highest BCUT2D eigenvalue weighted by molar-refractivity contribution is 9.11. The number of H-pyrrole nitrogens is 1. The average Bonchev–Trinajstić information content (AvgIpc) is 3.30. The number of halogens is 4. The van der Waals surface area contributed by atoms with Gasteiger partial charge in [-0.15, -0.1) is 13.2 Å². The van der Waals surface area contributed by atoms with Gasteiger partial charge in [0.15, 0.2) is 0 Å². The van der Waals surface area contributed by atoms with E-state index in [0.29, 0.717) is 11.8 Å². The Morgan fingerprint density at radius 2 is 2.03 bits per heavy atom. The van der Waals surface area contributed by atoms with Crippen LogP contribution in [0.25, 0.3) is 22.2 Å². The van der Waals surface area contributed by atoms with E-state index in [1.165, 1.54) is 25.3 Å². The Morgan fingerprint density at radius 3 is 2.65 bits per heavy atom. The highest BCUT2D eigenvalue weighted by atomic mass is 79.9. The van der Waals surface area contributed by atoms with Gasteiger partial charge < -0.3 is 4.98 Å². The third-order valence-electron chi connectivity index (χ3n) is 5.50. The van der Waals surface area contributed by atoms with Crippen molar-refractivity contribution >= 4 is 36.9 Å². The molecule has 0 aliphatic heterocycles. The third-order valence-corrected chi connectivity index (χ3v) is 8.54. The molecule has 164 valence electrons. The summed E-state index contributed by atoms with van der Waals surface area (Å²) in [4.78, 5) is 15.0. The maximum atomic E-state index is 13.9. The quantitative estimate of drug-likeness (QED) is 0.563. The molecule has 0 aromatic carbocycles. The Morgan fingerprint density at radius 1 is 1.32 bits per heavy atom. The van der Waals surface area contributed by atoms with Crippen molar-refractivity contribution in [1.82, 2.24) is 18.7 Å². The average molecular weight is 517 g/mol. The van der Waals surface area contributed by atoms with Gasteiger partial charge in [-0.25, -0.2) is 12.4 Å². The number of aromatic nitrogens is 4. The standard InChI is InChI=1S/C19H16BrF3N4O3S/c1-11-7-14(20)3-5-18(11,2)31(29,30)27-15(8-12-4-6-24-17(28)16(12)27)13-9-25-26(10-13)19(21,22)23/h3-4,6-10H,5H2,1-2H3,(H,24,28). The zero-order valence-corrected chi connectivity index (χ0v) is 18.6. The number of alkyl halides is 3. The van der Waals surface area contributed by atoms with E-state index in [1.54, 1.807) is 19.1 Å². The van der Waals surface area contributed by atoms with Gasteiger partial charge >= 0.3 is 6.30 Å². The lowest BCUT2D eigenvalue weighted by atomic mass is 9.94. The fourth-order valence-electron chi connectivity index (χ4n) is 3.56. The molecule has 12 heteroatoms. The predicted molar refractivity (Wildman–Crippen MR) is 113 cm³/mol. The Kier molecular flexibility index (Phi) is 4.85. The van der Waals surface area contributed by atoms with Crippen molar-refractivity contribution in [2.24, 2.45) is 0 Å². The van der Waals surface area contributed by atoms with Crippen molar-refractivity contribution in [2.45, 2.75) is 31.3 Å². The minimum absolute atomic E-state index is 0.0788. The van der Waals surface area contributed by atoms with Gasteiger partial charge in [-0.2, -0.15) is 9.78 Å². The second-order valence-corrected chi connectivity index (χ2v) is 10.5. The molecule has 0 saturated carbocycles. The first kappa shape index (κ1) is 21.6. The molecule has 1 aliphatic rings. The molecule has 0 spiro atoms. The van der Waals surface area contributed by atoms with Crippen molar-refractivity contribution in [3.8, 4) is 11.3 Å². The summed E-state index contributed by atoms with van der Waals surface area (Å²) in [6, 6.07) is 2.86. The summed E-state index contributed by atoms with van der Waals surface area (Å²) in [5, 5.41) is 3.58. The minimum Gasteiger partial charge on any atom is -0.327 e. The molecule has 1 unspecified atom stereocenters. The number of pyridine rings is 1. The van der Waals surface area contributed by atoms with Crippen LogP contribution in [0.4, 0.5) is 13.2 Å². The smallest absolute Gasteiger partial charge is 0.327 e. The molecular weight excluding hydrogens is 501 g/mol. The van der Waals surface area contributed by atoms with E-state index >= 15 is 0 Å². The molecule has 3 heterocycles. The minimum atomic E-state index is -4.77. The second kappa shape index (κ2) is 6.95. The van der Waals surface area contributed by atoms with Gasteiger partial charge in [0.25, 0.3) is 5.56 Å². The van der Waals surface area contributed by atoms with Crippen molar-refractivity contribution < 1.29 is 21.6 Å². The summed E-state index contributed by atoms with van der Waals surface area (Å²) in [6.45, 7) is 3.18. The fourth-order valence-corrected chi connectivity index (χ4v) is 6.08. The van der Waals surface area contributed by atoms with E-state index in [9.17, 15) is 26.4 Å². The molecule has 7 nitrogen and oxygen atoms in total. The van der Waals surface area contributed by atoms with Crippen molar-refractivity contribution in [3.63, 3.8) is 0 Å². The maximum Gasteiger partial charge on any atom is 0.504 e. The van der Waals surface area contributed by atoms with Gasteiger partial charge in [0.1, 0.15) is 10.3 Å². The van der Waals surface area contributed by atoms with Gasteiger partial charge in [-0.05, 0) is 44.1 Å². The Hall–Kier alpha value is -2.60. The Balaban J connectivity index is 2.04. The highest BCUT2D eigenvalue weighted by Crippen LogP contribution is 2.41. The third kappa shape index (κ3) is 3.28. The van der Waals surface area contributed by atoms with Gasteiger partial charge in [0.2, 0.25) is 10.0 Å². The van der Waals surface area contributed by atoms with Crippen LogP contribution in [0.15, 0.2) is 57.7 Å². The number of hydrogen-bond donors (Lipinski definition) is 1. The molecule has 0 fully saturated rings. The molecular formula is C19H16BrF3N4O3S. The first-order valence-electron chi connectivity index (χ1n) is 9.01. The van der Waals surface area contributed by atoms with Crippen LogP contribution in [0.3, 0.4) is 0 Å².